The molecule has 0 bridgehead atoms. The van der Waals surface area contributed by atoms with Gasteiger partial charge in [0.25, 0.3) is 0 Å². The van der Waals surface area contributed by atoms with Crippen LogP contribution in [0.25, 0.3) is 0 Å². The smallest absolute Gasteiger partial charge is 0.315 e. The molecule has 0 aliphatic rings. The zero-order valence-electron chi connectivity index (χ0n) is 9.18. The highest BCUT2D eigenvalue weighted by Crippen LogP contribution is 1.94. The third-order valence-corrected chi connectivity index (χ3v) is 2.17. The number of urea groups is 1. The number of aromatic nitrogens is 3. The fourth-order valence-electron chi connectivity index (χ4n) is 1.31. The van der Waals surface area contributed by atoms with Gasteiger partial charge in [-0.1, -0.05) is 6.07 Å². The van der Waals surface area contributed by atoms with Crippen LogP contribution < -0.4 is 10.6 Å². The van der Waals surface area contributed by atoms with E-state index in [1.807, 2.05) is 12.1 Å². The van der Waals surface area contributed by atoms with Crippen molar-refractivity contribution in [2.75, 3.05) is 0 Å². The minimum atomic E-state index is -0.219. The lowest BCUT2D eigenvalue weighted by Gasteiger charge is -2.06. The summed E-state index contributed by atoms with van der Waals surface area (Å²) in [6.45, 7) is 0.890. The van der Waals surface area contributed by atoms with Crippen LogP contribution in [0.5, 0.6) is 0 Å². The molecule has 2 heterocycles. The van der Waals surface area contributed by atoms with E-state index in [0.717, 1.165) is 11.3 Å². The fourth-order valence-corrected chi connectivity index (χ4v) is 1.31. The van der Waals surface area contributed by atoms with Crippen molar-refractivity contribution < 1.29 is 4.79 Å². The molecule has 0 saturated carbocycles. The molecule has 2 aromatic rings. The number of pyridine rings is 1. The predicted octanol–water partition coefficient (Wildman–Crippen LogP) is 0.804. The van der Waals surface area contributed by atoms with Crippen molar-refractivity contribution in [3.05, 3.63) is 48.0 Å². The van der Waals surface area contributed by atoms with Crippen LogP contribution in [-0.4, -0.2) is 21.2 Å². The van der Waals surface area contributed by atoms with Crippen molar-refractivity contribution in [2.24, 2.45) is 0 Å². The van der Waals surface area contributed by atoms with Crippen molar-refractivity contribution in [2.45, 2.75) is 13.1 Å². The monoisotopic (exact) mass is 231 g/mol. The molecule has 0 saturated heterocycles. The van der Waals surface area contributed by atoms with Crippen molar-refractivity contribution in [3.63, 3.8) is 0 Å². The Balaban J connectivity index is 1.71. The van der Waals surface area contributed by atoms with Gasteiger partial charge in [0, 0.05) is 25.1 Å². The number of H-pyrrole nitrogens is 1. The first kappa shape index (κ1) is 11.1. The standard InChI is InChI=1S/C11H13N5O/c17-11(14-8-10-3-5-15-16-10)13-7-9-2-1-4-12-6-9/h1-6H,7-8H2,(H,15,16)(H2,13,14,17). The minimum Gasteiger partial charge on any atom is -0.334 e. The number of hydrogen-bond acceptors (Lipinski definition) is 3. The molecule has 0 aliphatic carbocycles. The lowest BCUT2D eigenvalue weighted by atomic mass is 10.3. The molecule has 0 radical (unpaired) electrons. The van der Waals surface area contributed by atoms with E-state index in [1.54, 1.807) is 24.7 Å². The number of amides is 2. The Morgan fingerprint density at radius 3 is 2.82 bits per heavy atom. The summed E-state index contributed by atoms with van der Waals surface area (Å²) in [5, 5.41) is 12.0. The Hall–Kier alpha value is -2.37. The molecule has 88 valence electrons. The van der Waals surface area contributed by atoms with Gasteiger partial charge in [0.15, 0.2) is 0 Å². The Bertz CT molecular complexity index is 454. The van der Waals surface area contributed by atoms with Crippen molar-refractivity contribution in [1.82, 2.24) is 25.8 Å². The van der Waals surface area contributed by atoms with E-state index in [-0.39, 0.29) is 6.03 Å². The molecule has 6 heteroatoms. The average molecular weight is 231 g/mol. The van der Waals surface area contributed by atoms with E-state index in [0.29, 0.717) is 13.1 Å². The Labute approximate surface area is 98.5 Å². The van der Waals surface area contributed by atoms with Crippen LogP contribution in [0.15, 0.2) is 36.8 Å². The van der Waals surface area contributed by atoms with Gasteiger partial charge in [0.1, 0.15) is 0 Å². The van der Waals surface area contributed by atoms with Crippen LogP contribution in [0, 0.1) is 0 Å². The van der Waals surface area contributed by atoms with Gasteiger partial charge in [0.05, 0.1) is 12.2 Å². The first-order valence-corrected chi connectivity index (χ1v) is 5.23. The number of nitrogens with zero attached hydrogens (tertiary/aromatic N) is 2. The molecule has 0 atom stereocenters. The highest BCUT2D eigenvalue weighted by molar-refractivity contribution is 5.73. The third-order valence-electron chi connectivity index (χ3n) is 2.17. The topological polar surface area (TPSA) is 82.7 Å². The van der Waals surface area contributed by atoms with Gasteiger partial charge in [-0.3, -0.25) is 10.1 Å². The number of carbonyl (C=O) groups excluding carboxylic acids is 1. The summed E-state index contributed by atoms with van der Waals surface area (Å²) in [7, 11) is 0. The number of carbonyl (C=O) groups is 1. The number of aromatic amines is 1. The van der Waals surface area contributed by atoms with Gasteiger partial charge in [-0.05, 0) is 17.7 Å². The molecule has 0 aromatic carbocycles. The summed E-state index contributed by atoms with van der Waals surface area (Å²) in [4.78, 5) is 15.4. The molecule has 17 heavy (non-hydrogen) atoms. The predicted molar refractivity (Wildman–Crippen MR) is 61.9 cm³/mol. The summed E-state index contributed by atoms with van der Waals surface area (Å²) in [6.07, 6.45) is 5.06. The highest BCUT2D eigenvalue weighted by atomic mass is 16.2. The number of rotatable bonds is 4. The van der Waals surface area contributed by atoms with E-state index in [4.69, 9.17) is 0 Å². The lowest BCUT2D eigenvalue weighted by molar-refractivity contribution is 0.240. The maximum atomic E-state index is 11.4. The minimum absolute atomic E-state index is 0.219. The molecule has 2 amide bonds. The first-order valence-electron chi connectivity index (χ1n) is 5.23. The van der Waals surface area contributed by atoms with Gasteiger partial charge < -0.3 is 10.6 Å². The van der Waals surface area contributed by atoms with Crippen LogP contribution in [0.2, 0.25) is 0 Å². The maximum absolute atomic E-state index is 11.4. The first-order chi connectivity index (χ1) is 8.34. The summed E-state index contributed by atoms with van der Waals surface area (Å²) in [5.74, 6) is 0. The molecular weight excluding hydrogens is 218 g/mol. The molecule has 0 fully saturated rings. The zero-order valence-corrected chi connectivity index (χ0v) is 9.18. The van der Waals surface area contributed by atoms with Crippen LogP contribution in [0.3, 0.4) is 0 Å². The Kier molecular flexibility index (Phi) is 3.69. The largest absolute Gasteiger partial charge is 0.334 e. The van der Waals surface area contributed by atoms with E-state index in [9.17, 15) is 4.79 Å². The van der Waals surface area contributed by atoms with Crippen molar-refractivity contribution in [3.8, 4) is 0 Å². The van der Waals surface area contributed by atoms with E-state index >= 15 is 0 Å². The summed E-state index contributed by atoms with van der Waals surface area (Å²) < 4.78 is 0. The maximum Gasteiger partial charge on any atom is 0.315 e. The second-order valence-electron chi connectivity index (χ2n) is 3.48. The molecule has 2 aromatic heterocycles. The van der Waals surface area contributed by atoms with Crippen LogP contribution in [0.1, 0.15) is 11.3 Å². The fraction of sp³-hybridized carbons (Fsp3) is 0.182. The molecule has 0 spiro atoms. The zero-order chi connectivity index (χ0) is 11.9. The second-order valence-corrected chi connectivity index (χ2v) is 3.48. The van der Waals surface area contributed by atoms with Gasteiger partial charge in [-0.15, -0.1) is 0 Å². The van der Waals surface area contributed by atoms with Gasteiger partial charge >= 0.3 is 6.03 Å². The number of hydrogen-bond donors (Lipinski definition) is 3. The van der Waals surface area contributed by atoms with E-state index in [1.165, 1.54) is 0 Å². The van der Waals surface area contributed by atoms with Gasteiger partial charge in [-0.2, -0.15) is 5.10 Å². The lowest BCUT2D eigenvalue weighted by Crippen LogP contribution is -2.34. The third kappa shape index (κ3) is 3.60. The van der Waals surface area contributed by atoms with Crippen molar-refractivity contribution in [1.29, 1.82) is 0 Å². The molecule has 6 nitrogen and oxygen atoms in total. The Morgan fingerprint density at radius 2 is 2.12 bits per heavy atom. The van der Waals surface area contributed by atoms with Crippen LogP contribution in [0.4, 0.5) is 4.79 Å². The normalized spacial score (nSPS) is 9.88. The summed E-state index contributed by atoms with van der Waals surface area (Å²) in [6, 6.07) is 5.33. The van der Waals surface area contributed by atoms with Crippen LogP contribution in [-0.2, 0) is 13.1 Å². The number of nitrogens with one attached hydrogen (secondary N) is 3. The second kappa shape index (κ2) is 5.64. The SMILES string of the molecule is O=C(NCc1cccnc1)NCc1ccn[nH]1. The molecule has 0 unspecified atom stereocenters. The summed E-state index contributed by atoms with van der Waals surface area (Å²) in [5.41, 5.74) is 1.82. The summed E-state index contributed by atoms with van der Waals surface area (Å²) >= 11 is 0. The highest BCUT2D eigenvalue weighted by Gasteiger charge is 2.00. The van der Waals surface area contributed by atoms with E-state index < -0.39 is 0 Å². The Morgan fingerprint density at radius 1 is 1.24 bits per heavy atom. The van der Waals surface area contributed by atoms with E-state index in [2.05, 4.69) is 25.8 Å². The molecule has 2 rings (SSSR count). The average Bonchev–Trinajstić information content (AvgIpc) is 2.88. The van der Waals surface area contributed by atoms with Crippen molar-refractivity contribution >= 4 is 6.03 Å². The van der Waals surface area contributed by atoms with Gasteiger partial charge in [0.2, 0.25) is 0 Å². The van der Waals surface area contributed by atoms with Crippen LogP contribution >= 0.6 is 0 Å². The molecule has 0 aliphatic heterocycles. The van der Waals surface area contributed by atoms with Gasteiger partial charge in [-0.25, -0.2) is 4.79 Å². The quantitative estimate of drug-likeness (QED) is 0.728. The molecular formula is C11H13N5O. The molecule has 3 N–H and O–H groups in total.